The minimum atomic E-state index is -0.536. The largest absolute Gasteiger partial charge is 0.365 e. The molecule has 4 nitrogen and oxygen atoms in total. The molecule has 5 heteroatoms. The fraction of sp³-hybridized carbons (Fsp3) is 0.0667. The van der Waals surface area contributed by atoms with Crippen molar-refractivity contribution in [2.45, 2.75) is 6.92 Å². The number of hydrogen-bond acceptors (Lipinski definition) is 4. The molecule has 0 saturated heterocycles. The molecule has 2 N–H and O–H groups in total. The predicted molar refractivity (Wildman–Crippen MR) is 78.5 cm³/mol. The van der Waals surface area contributed by atoms with E-state index in [4.69, 9.17) is 10.3 Å². The molecule has 0 aliphatic carbocycles. The van der Waals surface area contributed by atoms with Crippen LogP contribution in [0.1, 0.15) is 15.9 Å². The van der Waals surface area contributed by atoms with Gasteiger partial charge in [0.25, 0.3) is 5.91 Å². The van der Waals surface area contributed by atoms with Crippen LogP contribution in [0.15, 0.2) is 47.2 Å². The fourth-order valence-electron chi connectivity index (χ4n) is 1.93. The van der Waals surface area contributed by atoms with E-state index in [-0.39, 0.29) is 0 Å². The molecular weight excluding hydrogens is 272 g/mol. The number of rotatable bonds is 3. The van der Waals surface area contributed by atoms with Crippen LogP contribution in [-0.2, 0) is 0 Å². The highest BCUT2D eigenvalue weighted by Gasteiger charge is 2.16. The van der Waals surface area contributed by atoms with Crippen molar-refractivity contribution in [1.29, 1.82) is 0 Å². The summed E-state index contributed by atoms with van der Waals surface area (Å²) in [6.07, 6.45) is 1.28. The summed E-state index contributed by atoms with van der Waals surface area (Å²) in [5.74, 6) is -0.536. The summed E-state index contributed by atoms with van der Waals surface area (Å²) in [4.78, 5) is 13.3. The fourth-order valence-corrected chi connectivity index (χ4v) is 2.93. The van der Waals surface area contributed by atoms with Crippen LogP contribution in [0.4, 0.5) is 0 Å². The van der Waals surface area contributed by atoms with Crippen LogP contribution in [0.2, 0.25) is 0 Å². The second kappa shape index (κ2) is 4.94. The highest BCUT2D eigenvalue weighted by molar-refractivity contribution is 7.18. The molecule has 0 bridgehead atoms. The molecule has 0 radical (unpaired) electrons. The molecule has 1 aromatic carbocycles. The lowest BCUT2D eigenvalue weighted by atomic mass is 10.1. The van der Waals surface area contributed by atoms with Crippen molar-refractivity contribution < 1.29 is 9.32 Å². The molecule has 0 saturated carbocycles. The quantitative estimate of drug-likeness (QED) is 0.800. The molecule has 100 valence electrons. The Morgan fingerprint density at radius 2 is 1.85 bits per heavy atom. The van der Waals surface area contributed by atoms with E-state index in [2.05, 4.69) is 36.3 Å². The van der Waals surface area contributed by atoms with Gasteiger partial charge >= 0.3 is 0 Å². The van der Waals surface area contributed by atoms with E-state index in [1.165, 1.54) is 11.8 Å². The summed E-state index contributed by atoms with van der Waals surface area (Å²) >= 11 is 1.55. The Morgan fingerprint density at radius 1 is 1.15 bits per heavy atom. The molecule has 0 fully saturated rings. The van der Waals surface area contributed by atoms with E-state index >= 15 is 0 Å². The van der Waals surface area contributed by atoms with Crippen molar-refractivity contribution in [3.8, 4) is 21.0 Å². The molecular formula is C15H12N2O2S. The summed E-state index contributed by atoms with van der Waals surface area (Å²) in [5.41, 5.74) is 8.46. The maximum atomic E-state index is 11.3. The number of carbonyl (C=O) groups excluding carboxylic acids is 1. The number of carbonyl (C=O) groups is 1. The number of aromatic nitrogens is 1. The Balaban J connectivity index is 2.00. The van der Waals surface area contributed by atoms with E-state index in [1.54, 1.807) is 11.3 Å². The first-order chi connectivity index (χ1) is 9.65. The van der Waals surface area contributed by atoms with Gasteiger partial charge in [-0.25, -0.2) is 0 Å². The van der Waals surface area contributed by atoms with Gasteiger partial charge in [0.2, 0.25) is 0 Å². The van der Waals surface area contributed by atoms with Crippen LogP contribution >= 0.6 is 11.3 Å². The van der Waals surface area contributed by atoms with Gasteiger partial charge < -0.3 is 10.3 Å². The Bertz CT molecular complexity index is 756. The van der Waals surface area contributed by atoms with E-state index < -0.39 is 5.91 Å². The number of nitrogens with two attached hydrogens (primary N) is 1. The molecule has 0 spiro atoms. The van der Waals surface area contributed by atoms with Crippen molar-refractivity contribution in [3.63, 3.8) is 0 Å². The van der Waals surface area contributed by atoms with Gasteiger partial charge in [-0.15, -0.1) is 11.3 Å². The number of benzene rings is 1. The highest BCUT2D eigenvalue weighted by Crippen LogP contribution is 2.35. The lowest BCUT2D eigenvalue weighted by Gasteiger charge is -1.97. The topological polar surface area (TPSA) is 69.1 Å². The van der Waals surface area contributed by atoms with Crippen LogP contribution in [0.3, 0.4) is 0 Å². The standard InChI is InChI=1S/C15H12N2O2S/c1-9-2-4-10(5-3-9)12-6-7-13(20-12)14-11(15(16)18)8-19-17-14/h2-8H,1H3,(H2,16,18). The molecule has 1 amide bonds. The summed E-state index contributed by atoms with van der Waals surface area (Å²) in [6.45, 7) is 2.05. The van der Waals surface area contributed by atoms with Gasteiger partial charge in [0.05, 0.1) is 4.88 Å². The third-order valence-electron chi connectivity index (χ3n) is 3.01. The number of thiophene rings is 1. The van der Waals surface area contributed by atoms with Gasteiger partial charge in [0.15, 0.2) is 0 Å². The highest BCUT2D eigenvalue weighted by atomic mass is 32.1. The molecule has 20 heavy (non-hydrogen) atoms. The van der Waals surface area contributed by atoms with Crippen molar-refractivity contribution in [2.75, 3.05) is 0 Å². The van der Waals surface area contributed by atoms with Crippen LogP contribution in [0.25, 0.3) is 21.0 Å². The SMILES string of the molecule is Cc1ccc(-c2ccc(-c3nocc3C(N)=O)s2)cc1. The summed E-state index contributed by atoms with van der Waals surface area (Å²) in [7, 11) is 0. The average molecular weight is 284 g/mol. The molecule has 2 heterocycles. The van der Waals surface area contributed by atoms with Crippen molar-refractivity contribution in [2.24, 2.45) is 5.73 Å². The first-order valence-electron chi connectivity index (χ1n) is 6.06. The Hall–Kier alpha value is -2.40. The van der Waals surface area contributed by atoms with Gasteiger partial charge in [-0.05, 0) is 24.6 Å². The third kappa shape index (κ3) is 2.23. The van der Waals surface area contributed by atoms with Gasteiger partial charge in [0, 0.05) is 4.88 Å². The number of nitrogens with zero attached hydrogens (tertiary/aromatic N) is 1. The summed E-state index contributed by atoms with van der Waals surface area (Å²) < 4.78 is 4.85. The van der Waals surface area contributed by atoms with Gasteiger partial charge in [-0.1, -0.05) is 35.0 Å². The molecule has 3 aromatic rings. The zero-order chi connectivity index (χ0) is 14.1. The lowest BCUT2D eigenvalue weighted by Crippen LogP contribution is -2.10. The zero-order valence-electron chi connectivity index (χ0n) is 10.8. The lowest BCUT2D eigenvalue weighted by molar-refractivity contribution is 0.100. The van der Waals surface area contributed by atoms with Crippen LogP contribution < -0.4 is 5.73 Å². The molecule has 0 aliphatic rings. The normalized spacial score (nSPS) is 10.7. The molecule has 0 unspecified atom stereocenters. The number of aryl methyl sites for hydroxylation is 1. The maximum Gasteiger partial charge on any atom is 0.254 e. The summed E-state index contributed by atoms with van der Waals surface area (Å²) in [5, 5.41) is 3.86. The van der Waals surface area contributed by atoms with E-state index in [0.29, 0.717) is 11.3 Å². The Kier molecular flexibility index (Phi) is 3.12. The number of amides is 1. The van der Waals surface area contributed by atoms with Crippen LogP contribution in [0.5, 0.6) is 0 Å². The molecule has 2 aromatic heterocycles. The second-order valence-corrected chi connectivity index (χ2v) is 5.55. The van der Waals surface area contributed by atoms with Gasteiger partial charge in [0.1, 0.15) is 17.5 Å². The van der Waals surface area contributed by atoms with Crippen LogP contribution in [0, 0.1) is 6.92 Å². The molecule has 0 aliphatic heterocycles. The minimum absolute atomic E-state index is 0.308. The first kappa shape index (κ1) is 12.6. The molecule has 0 atom stereocenters. The molecule has 3 rings (SSSR count). The van der Waals surface area contributed by atoms with Crippen molar-refractivity contribution in [1.82, 2.24) is 5.16 Å². The maximum absolute atomic E-state index is 11.3. The number of hydrogen-bond donors (Lipinski definition) is 1. The van der Waals surface area contributed by atoms with Crippen molar-refractivity contribution >= 4 is 17.2 Å². The first-order valence-corrected chi connectivity index (χ1v) is 6.88. The van der Waals surface area contributed by atoms with Gasteiger partial charge in [-0.3, -0.25) is 4.79 Å². The Labute approximate surface area is 119 Å². The summed E-state index contributed by atoms with van der Waals surface area (Å²) in [6, 6.07) is 12.2. The third-order valence-corrected chi connectivity index (χ3v) is 4.15. The van der Waals surface area contributed by atoms with Crippen molar-refractivity contribution in [3.05, 3.63) is 53.8 Å². The number of primary amides is 1. The van der Waals surface area contributed by atoms with E-state index in [1.807, 2.05) is 12.1 Å². The predicted octanol–water partition coefficient (Wildman–Crippen LogP) is 3.48. The zero-order valence-corrected chi connectivity index (χ0v) is 11.6. The van der Waals surface area contributed by atoms with Crippen LogP contribution in [-0.4, -0.2) is 11.1 Å². The second-order valence-electron chi connectivity index (χ2n) is 4.47. The monoisotopic (exact) mass is 284 g/mol. The minimum Gasteiger partial charge on any atom is -0.365 e. The smallest absolute Gasteiger partial charge is 0.254 e. The average Bonchev–Trinajstić information content (AvgIpc) is 3.08. The van der Waals surface area contributed by atoms with E-state index in [0.717, 1.165) is 15.3 Å². The van der Waals surface area contributed by atoms with E-state index in [9.17, 15) is 4.79 Å². The Morgan fingerprint density at radius 3 is 2.55 bits per heavy atom. The van der Waals surface area contributed by atoms with Gasteiger partial charge in [-0.2, -0.15) is 0 Å².